The van der Waals surface area contributed by atoms with E-state index in [4.69, 9.17) is 16.3 Å². The van der Waals surface area contributed by atoms with Crippen LogP contribution >= 0.6 is 11.6 Å². The van der Waals surface area contributed by atoms with Crippen molar-refractivity contribution >= 4 is 23.2 Å². The highest BCUT2D eigenvalue weighted by Gasteiger charge is 2.18. The van der Waals surface area contributed by atoms with Gasteiger partial charge in [0.1, 0.15) is 5.75 Å². The van der Waals surface area contributed by atoms with Crippen molar-refractivity contribution in [2.24, 2.45) is 0 Å². The van der Waals surface area contributed by atoms with E-state index in [-0.39, 0.29) is 28.4 Å². The van der Waals surface area contributed by atoms with Crippen LogP contribution in [-0.2, 0) is 0 Å². The number of benzene rings is 2. The zero-order valence-corrected chi connectivity index (χ0v) is 15.0. The molecule has 25 heavy (non-hydrogen) atoms. The van der Waals surface area contributed by atoms with Crippen LogP contribution in [-0.4, -0.2) is 28.8 Å². The number of nitro benzene ring substituents is 1. The van der Waals surface area contributed by atoms with E-state index in [0.29, 0.717) is 11.3 Å². The lowest BCUT2D eigenvalue weighted by Gasteiger charge is -2.23. The molecule has 0 heterocycles. The Kier molecular flexibility index (Phi) is 5.98. The Morgan fingerprint density at radius 3 is 2.48 bits per heavy atom. The first-order valence-corrected chi connectivity index (χ1v) is 8.20. The van der Waals surface area contributed by atoms with Gasteiger partial charge >= 0.3 is 5.69 Å². The number of halogens is 1. The molecule has 0 aliphatic rings. The molecule has 0 saturated carbocycles. The van der Waals surface area contributed by atoms with Gasteiger partial charge in [-0.25, -0.2) is 0 Å². The molecule has 0 aromatic heterocycles. The largest absolute Gasteiger partial charge is 0.450 e. The minimum absolute atomic E-state index is 0.0848. The molecule has 132 valence electrons. The lowest BCUT2D eigenvalue weighted by molar-refractivity contribution is -0.385. The Morgan fingerprint density at radius 2 is 1.92 bits per heavy atom. The van der Waals surface area contributed by atoms with E-state index in [2.05, 4.69) is 0 Å². The van der Waals surface area contributed by atoms with Gasteiger partial charge in [0, 0.05) is 29.7 Å². The number of carbonyl (C=O) groups excluding carboxylic acids is 1. The number of hydrogen-bond acceptors (Lipinski definition) is 4. The number of ether oxygens (including phenoxy) is 1. The van der Waals surface area contributed by atoms with E-state index in [1.807, 2.05) is 13.8 Å². The predicted octanol–water partition coefficient (Wildman–Crippen LogP) is 4.91. The van der Waals surface area contributed by atoms with Crippen molar-refractivity contribution in [3.8, 4) is 11.5 Å². The molecule has 2 aromatic rings. The molecule has 0 radical (unpaired) electrons. The Labute approximate surface area is 151 Å². The third-order valence-corrected chi connectivity index (χ3v) is 4.25. The quantitative estimate of drug-likeness (QED) is 0.540. The van der Waals surface area contributed by atoms with Crippen LogP contribution in [0.25, 0.3) is 0 Å². The fourth-order valence-electron chi connectivity index (χ4n) is 2.19. The average molecular weight is 363 g/mol. The Hall–Kier alpha value is -2.60. The van der Waals surface area contributed by atoms with Crippen molar-refractivity contribution in [1.82, 2.24) is 4.90 Å². The minimum atomic E-state index is -0.555. The zero-order chi connectivity index (χ0) is 18.6. The van der Waals surface area contributed by atoms with Gasteiger partial charge in [0.2, 0.25) is 5.75 Å². The monoisotopic (exact) mass is 362 g/mol. The standard InChI is InChI=1S/C18H19ClN2O4/c1-4-12(2)20(3)18(22)13-5-8-15(9-6-13)25-17-10-7-14(19)11-16(17)21(23)24/h5-12H,4H2,1-3H3. The number of amides is 1. The third-order valence-electron chi connectivity index (χ3n) is 4.02. The molecule has 6 nitrogen and oxygen atoms in total. The topological polar surface area (TPSA) is 72.7 Å². The van der Waals surface area contributed by atoms with Gasteiger partial charge < -0.3 is 9.64 Å². The fourth-order valence-corrected chi connectivity index (χ4v) is 2.36. The summed E-state index contributed by atoms with van der Waals surface area (Å²) in [5.74, 6) is 0.400. The summed E-state index contributed by atoms with van der Waals surface area (Å²) < 4.78 is 5.56. The maximum atomic E-state index is 12.4. The maximum absolute atomic E-state index is 12.4. The summed E-state index contributed by atoms with van der Waals surface area (Å²) in [6, 6.07) is 10.8. The van der Waals surface area contributed by atoms with Crippen molar-refractivity contribution in [3.63, 3.8) is 0 Å². The molecule has 0 N–H and O–H groups in total. The number of rotatable bonds is 6. The lowest BCUT2D eigenvalue weighted by Crippen LogP contribution is -2.34. The highest BCUT2D eigenvalue weighted by molar-refractivity contribution is 6.30. The summed E-state index contributed by atoms with van der Waals surface area (Å²) in [7, 11) is 1.76. The van der Waals surface area contributed by atoms with Crippen LogP contribution in [0.4, 0.5) is 5.69 Å². The van der Waals surface area contributed by atoms with Crippen molar-refractivity contribution in [2.75, 3.05) is 7.05 Å². The molecule has 0 saturated heterocycles. The predicted molar refractivity (Wildman–Crippen MR) is 96.5 cm³/mol. The normalized spacial score (nSPS) is 11.7. The van der Waals surface area contributed by atoms with E-state index in [9.17, 15) is 14.9 Å². The van der Waals surface area contributed by atoms with Gasteiger partial charge in [0.25, 0.3) is 5.91 Å². The first-order valence-electron chi connectivity index (χ1n) is 7.82. The smallest absolute Gasteiger partial charge is 0.313 e. The second-order valence-corrected chi connectivity index (χ2v) is 6.11. The zero-order valence-electron chi connectivity index (χ0n) is 14.2. The third kappa shape index (κ3) is 4.48. The molecule has 0 aliphatic carbocycles. The van der Waals surface area contributed by atoms with Gasteiger partial charge in [-0.1, -0.05) is 18.5 Å². The van der Waals surface area contributed by atoms with E-state index in [1.54, 1.807) is 36.2 Å². The summed E-state index contributed by atoms with van der Waals surface area (Å²) in [4.78, 5) is 24.6. The molecule has 2 aromatic carbocycles. The molecular weight excluding hydrogens is 344 g/mol. The first kappa shape index (κ1) is 18.7. The van der Waals surface area contributed by atoms with Crippen molar-refractivity contribution in [1.29, 1.82) is 0 Å². The lowest BCUT2D eigenvalue weighted by atomic mass is 10.1. The summed E-state index contributed by atoms with van der Waals surface area (Å²) in [6.45, 7) is 4.00. The SMILES string of the molecule is CCC(C)N(C)C(=O)c1ccc(Oc2ccc(Cl)cc2[N+](=O)[O-])cc1. The molecule has 1 amide bonds. The first-order chi connectivity index (χ1) is 11.8. The van der Waals surface area contributed by atoms with Crippen LogP contribution in [0.15, 0.2) is 42.5 Å². The van der Waals surface area contributed by atoms with E-state index < -0.39 is 4.92 Å². The molecule has 2 rings (SSSR count). The summed E-state index contributed by atoms with van der Waals surface area (Å²) in [6.07, 6.45) is 0.865. The molecular formula is C18H19ClN2O4. The van der Waals surface area contributed by atoms with Crippen LogP contribution in [0.2, 0.25) is 5.02 Å². The van der Waals surface area contributed by atoms with Crippen LogP contribution in [0.1, 0.15) is 30.6 Å². The Balaban J connectivity index is 2.19. The fraction of sp³-hybridized carbons (Fsp3) is 0.278. The van der Waals surface area contributed by atoms with Gasteiger partial charge in [-0.05, 0) is 49.7 Å². The van der Waals surface area contributed by atoms with Gasteiger partial charge in [-0.3, -0.25) is 14.9 Å². The molecule has 7 heteroatoms. The average Bonchev–Trinajstić information content (AvgIpc) is 2.61. The highest BCUT2D eigenvalue weighted by atomic mass is 35.5. The number of hydrogen-bond donors (Lipinski definition) is 0. The summed E-state index contributed by atoms with van der Waals surface area (Å²) >= 11 is 5.78. The van der Waals surface area contributed by atoms with E-state index in [0.717, 1.165) is 6.42 Å². The molecule has 0 aliphatic heterocycles. The van der Waals surface area contributed by atoms with Crippen LogP contribution < -0.4 is 4.74 Å². The Bertz CT molecular complexity index is 777. The minimum Gasteiger partial charge on any atom is -0.450 e. The summed E-state index contributed by atoms with van der Waals surface area (Å²) in [5, 5.41) is 11.3. The molecule has 0 spiro atoms. The second kappa shape index (κ2) is 7.98. The van der Waals surface area contributed by atoms with Gasteiger partial charge in [-0.15, -0.1) is 0 Å². The van der Waals surface area contributed by atoms with E-state index >= 15 is 0 Å². The molecule has 0 bridgehead atoms. The molecule has 0 fully saturated rings. The van der Waals surface area contributed by atoms with Crippen molar-refractivity contribution in [2.45, 2.75) is 26.3 Å². The van der Waals surface area contributed by atoms with Crippen LogP contribution in [0, 0.1) is 10.1 Å². The summed E-state index contributed by atoms with van der Waals surface area (Å²) in [5.41, 5.74) is 0.310. The number of nitro groups is 1. The maximum Gasteiger partial charge on any atom is 0.313 e. The Morgan fingerprint density at radius 1 is 1.28 bits per heavy atom. The van der Waals surface area contributed by atoms with Crippen LogP contribution in [0.5, 0.6) is 11.5 Å². The number of carbonyl (C=O) groups is 1. The second-order valence-electron chi connectivity index (χ2n) is 5.67. The van der Waals surface area contributed by atoms with Crippen molar-refractivity contribution < 1.29 is 14.5 Å². The highest BCUT2D eigenvalue weighted by Crippen LogP contribution is 2.33. The van der Waals surface area contributed by atoms with Crippen LogP contribution in [0.3, 0.4) is 0 Å². The van der Waals surface area contributed by atoms with Crippen molar-refractivity contribution in [3.05, 3.63) is 63.2 Å². The number of nitrogens with zero attached hydrogens (tertiary/aromatic N) is 2. The van der Waals surface area contributed by atoms with Gasteiger partial charge in [0.05, 0.1) is 4.92 Å². The van der Waals surface area contributed by atoms with E-state index in [1.165, 1.54) is 18.2 Å². The molecule has 1 atom stereocenters. The van der Waals surface area contributed by atoms with Gasteiger partial charge in [0.15, 0.2) is 0 Å². The van der Waals surface area contributed by atoms with Gasteiger partial charge in [-0.2, -0.15) is 0 Å². The molecule has 1 unspecified atom stereocenters.